The number of esters is 3. The highest BCUT2D eigenvalue weighted by molar-refractivity contribution is 5.95. The SMILES string of the molecule is C=C(C)C(=O)OC(C)(OC(=O)/C(C)=C/C(=C)C(=O)OC)C(CO)(CO)CO. The van der Waals surface area contributed by atoms with Crippen molar-refractivity contribution in [1.82, 2.24) is 0 Å². The summed E-state index contributed by atoms with van der Waals surface area (Å²) in [6, 6.07) is 0. The van der Waals surface area contributed by atoms with Gasteiger partial charge in [0, 0.05) is 18.1 Å². The Morgan fingerprint density at radius 3 is 1.74 bits per heavy atom. The standard InChI is InChI=1S/C18H26O9/c1-11(2)14(22)26-17(5,18(8-19,9-20)10-21)27-16(24)13(4)7-12(3)15(23)25-6/h7,19-21H,1,3,8-10H2,2,4-6H3/b13-7+. The van der Waals surface area contributed by atoms with E-state index in [4.69, 9.17) is 9.47 Å². The van der Waals surface area contributed by atoms with Crippen LogP contribution in [0.25, 0.3) is 0 Å². The number of rotatable bonds is 10. The van der Waals surface area contributed by atoms with Gasteiger partial charge in [0.15, 0.2) is 0 Å². The van der Waals surface area contributed by atoms with E-state index in [1.807, 2.05) is 0 Å². The highest BCUT2D eigenvalue weighted by Gasteiger charge is 2.54. The molecule has 0 aliphatic rings. The molecule has 0 saturated carbocycles. The summed E-state index contributed by atoms with van der Waals surface area (Å²) in [5.41, 5.74) is -2.18. The number of hydrogen-bond acceptors (Lipinski definition) is 9. The number of aliphatic hydroxyl groups excluding tert-OH is 3. The third-order valence-electron chi connectivity index (χ3n) is 3.96. The minimum atomic E-state index is -2.25. The lowest BCUT2D eigenvalue weighted by Gasteiger charge is -2.43. The maximum atomic E-state index is 12.4. The minimum absolute atomic E-state index is 0.0358. The van der Waals surface area contributed by atoms with Crippen LogP contribution < -0.4 is 0 Å². The molecule has 9 nitrogen and oxygen atoms in total. The zero-order valence-electron chi connectivity index (χ0n) is 15.9. The van der Waals surface area contributed by atoms with E-state index >= 15 is 0 Å². The van der Waals surface area contributed by atoms with Gasteiger partial charge in [-0.25, -0.2) is 14.4 Å². The van der Waals surface area contributed by atoms with E-state index in [2.05, 4.69) is 17.9 Å². The Labute approximate surface area is 157 Å². The number of aliphatic hydroxyl groups is 3. The van der Waals surface area contributed by atoms with E-state index in [1.165, 1.54) is 13.8 Å². The zero-order valence-corrected chi connectivity index (χ0v) is 15.9. The number of carbonyl (C=O) groups excluding carboxylic acids is 3. The van der Waals surface area contributed by atoms with Crippen molar-refractivity contribution < 1.29 is 43.9 Å². The van der Waals surface area contributed by atoms with E-state index in [0.29, 0.717) is 0 Å². The Balaban J connectivity index is 5.91. The first kappa shape index (κ1) is 24.5. The molecule has 0 aliphatic heterocycles. The molecule has 0 aromatic rings. The van der Waals surface area contributed by atoms with E-state index in [1.54, 1.807) is 0 Å². The van der Waals surface area contributed by atoms with Crippen molar-refractivity contribution in [3.05, 3.63) is 36.0 Å². The van der Waals surface area contributed by atoms with Crippen LogP contribution in [0.15, 0.2) is 36.0 Å². The largest absolute Gasteiger partial charge is 0.465 e. The van der Waals surface area contributed by atoms with Gasteiger partial charge >= 0.3 is 17.9 Å². The number of hydrogen-bond donors (Lipinski definition) is 3. The summed E-state index contributed by atoms with van der Waals surface area (Å²) in [4.78, 5) is 35.7. The van der Waals surface area contributed by atoms with Crippen molar-refractivity contribution in [2.24, 2.45) is 5.41 Å². The summed E-state index contributed by atoms with van der Waals surface area (Å²) in [6.45, 7) is 7.98. The van der Waals surface area contributed by atoms with E-state index in [9.17, 15) is 29.7 Å². The highest BCUT2D eigenvalue weighted by atomic mass is 16.7. The van der Waals surface area contributed by atoms with Gasteiger partial charge in [0.1, 0.15) is 5.41 Å². The molecule has 0 saturated heterocycles. The molecule has 0 amide bonds. The molecule has 0 spiro atoms. The molecule has 0 rings (SSSR count). The molecule has 1 unspecified atom stereocenters. The summed E-state index contributed by atoms with van der Waals surface area (Å²) in [7, 11) is 1.14. The zero-order chi connectivity index (χ0) is 21.4. The second-order valence-electron chi connectivity index (χ2n) is 6.10. The number of carbonyl (C=O) groups is 3. The fourth-order valence-corrected chi connectivity index (χ4v) is 1.85. The van der Waals surface area contributed by atoms with E-state index in [0.717, 1.165) is 20.1 Å². The molecule has 3 N–H and O–H groups in total. The van der Waals surface area contributed by atoms with Crippen LogP contribution in [-0.2, 0) is 28.6 Å². The van der Waals surface area contributed by atoms with Crippen molar-refractivity contribution >= 4 is 17.9 Å². The van der Waals surface area contributed by atoms with Crippen molar-refractivity contribution in [3.8, 4) is 0 Å². The van der Waals surface area contributed by atoms with Gasteiger partial charge in [0.05, 0.1) is 32.5 Å². The van der Waals surface area contributed by atoms with Gasteiger partial charge in [-0.2, -0.15) is 0 Å². The Morgan fingerprint density at radius 2 is 1.37 bits per heavy atom. The minimum Gasteiger partial charge on any atom is -0.465 e. The summed E-state index contributed by atoms with van der Waals surface area (Å²) < 4.78 is 14.8. The molecule has 0 bridgehead atoms. The first-order chi connectivity index (χ1) is 12.4. The van der Waals surface area contributed by atoms with Crippen molar-refractivity contribution in [1.29, 1.82) is 0 Å². The Bertz CT molecular complexity index is 635. The van der Waals surface area contributed by atoms with Crippen molar-refractivity contribution in [3.63, 3.8) is 0 Å². The monoisotopic (exact) mass is 386 g/mol. The van der Waals surface area contributed by atoms with Crippen molar-refractivity contribution in [2.75, 3.05) is 26.9 Å². The molecule has 9 heteroatoms. The van der Waals surface area contributed by atoms with Gasteiger partial charge in [-0.3, -0.25) is 0 Å². The maximum Gasteiger partial charge on any atom is 0.337 e. The fourth-order valence-electron chi connectivity index (χ4n) is 1.85. The van der Waals surface area contributed by atoms with Crippen LogP contribution in [0.4, 0.5) is 0 Å². The van der Waals surface area contributed by atoms with Gasteiger partial charge < -0.3 is 29.5 Å². The van der Waals surface area contributed by atoms with Crippen LogP contribution in [0.5, 0.6) is 0 Å². The van der Waals surface area contributed by atoms with Gasteiger partial charge in [-0.05, 0) is 19.9 Å². The second kappa shape index (κ2) is 10.0. The van der Waals surface area contributed by atoms with E-state index in [-0.39, 0.29) is 16.7 Å². The first-order valence-corrected chi connectivity index (χ1v) is 7.84. The van der Waals surface area contributed by atoms with Crippen LogP contribution in [-0.4, -0.2) is 65.9 Å². The van der Waals surface area contributed by atoms with E-state index < -0.39 is 48.9 Å². The Kier molecular flexibility index (Phi) is 9.08. The second-order valence-corrected chi connectivity index (χ2v) is 6.10. The maximum absolute atomic E-state index is 12.4. The predicted octanol–water partition coefficient (Wildman–Crippen LogP) is 0.00390. The normalized spacial score (nSPS) is 14.0. The average molecular weight is 386 g/mol. The molecular formula is C18H26O9. The molecule has 1 atom stereocenters. The fraction of sp³-hybridized carbons (Fsp3) is 0.500. The van der Waals surface area contributed by atoms with Crippen LogP contribution >= 0.6 is 0 Å². The highest BCUT2D eigenvalue weighted by Crippen LogP contribution is 2.36. The molecule has 0 aliphatic carbocycles. The topological polar surface area (TPSA) is 140 Å². The lowest BCUT2D eigenvalue weighted by Crippen LogP contribution is -2.58. The quantitative estimate of drug-likeness (QED) is 0.205. The molecule has 0 fully saturated rings. The van der Waals surface area contributed by atoms with Gasteiger partial charge in [-0.15, -0.1) is 0 Å². The Hall–Kier alpha value is -2.49. The van der Waals surface area contributed by atoms with Crippen LogP contribution in [0.2, 0.25) is 0 Å². The molecular weight excluding hydrogens is 360 g/mol. The molecule has 0 radical (unpaired) electrons. The first-order valence-electron chi connectivity index (χ1n) is 7.84. The van der Waals surface area contributed by atoms with Crippen LogP contribution in [0, 0.1) is 5.41 Å². The molecule has 0 aromatic carbocycles. The third kappa shape index (κ3) is 5.75. The average Bonchev–Trinajstić information content (AvgIpc) is 2.62. The number of ether oxygens (including phenoxy) is 3. The lowest BCUT2D eigenvalue weighted by atomic mass is 9.81. The Morgan fingerprint density at radius 1 is 0.926 bits per heavy atom. The third-order valence-corrected chi connectivity index (χ3v) is 3.96. The summed E-state index contributed by atoms with van der Waals surface area (Å²) in [5, 5.41) is 29.0. The lowest BCUT2D eigenvalue weighted by molar-refractivity contribution is -0.281. The molecule has 0 heterocycles. The summed E-state index contributed by atoms with van der Waals surface area (Å²) in [6.07, 6.45) is 1.09. The van der Waals surface area contributed by atoms with Crippen LogP contribution in [0.3, 0.4) is 0 Å². The predicted molar refractivity (Wildman–Crippen MR) is 94.0 cm³/mol. The number of methoxy groups -OCH3 is 1. The molecule has 0 aromatic heterocycles. The van der Waals surface area contributed by atoms with Gasteiger partial charge in [0.2, 0.25) is 0 Å². The van der Waals surface area contributed by atoms with Gasteiger partial charge in [0.25, 0.3) is 5.79 Å². The smallest absolute Gasteiger partial charge is 0.337 e. The van der Waals surface area contributed by atoms with Crippen LogP contribution in [0.1, 0.15) is 20.8 Å². The summed E-state index contributed by atoms with van der Waals surface area (Å²) in [5.74, 6) is -5.03. The summed E-state index contributed by atoms with van der Waals surface area (Å²) >= 11 is 0. The molecule has 152 valence electrons. The molecule has 27 heavy (non-hydrogen) atoms. The van der Waals surface area contributed by atoms with Crippen molar-refractivity contribution in [2.45, 2.75) is 26.6 Å². The van der Waals surface area contributed by atoms with Gasteiger partial charge in [-0.1, -0.05) is 13.2 Å².